The number of nitrogens with two attached hydrogens (primary N) is 1. The van der Waals surface area contributed by atoms with Crippen LogP contribution in [0.1, 0.15) is 11.1 Å². The molecule has 1 aromatic rings. The Morgan fingerprint density at radius 3 is 2.82 bits per heavy atom. The highest BCUT2D eigenvalue weighted by Gasteiger charge is 2.21. The number of carbonyl (C=O) groups is 1. The normalized spacial score (nSPS) is 12.1. The maximum Gasteiger partial charge on any atom is 0.307 e. The minimum atomic E-state index is -0.864. The molecule has 6 heteroatoms. The molecule has 1 aliphatic heterocycles. The summed E-state index contributed by atoms with van der Waals surface area (Å²) in [6.45, 7) is 0.635. The monoisotopic (exact) mass is 259 g/mol. The van der Waals surface area contributed by atoms with E-state index in [2.05, 4.69) is 0 Å². The maximum atomic E-state index is 10.7. The molecule has 5 nitrogen and oxygen atoms in total. The van der Waals surface area contributed by atoms with Gasteiger partial charge in [0, 0.05) is 5.56 Å². The number of hydrogen-bond donors (Lipinski definition) is 2. The standard InChI is InChI=1S/C11H13NO4.ClH/c12-4-3-8-7(5-10(13)14)1-2-9-11(8)16-6-15-9;/h1-2H,3-6,12H2,(H,13,14);1H. The van der Waals surface area contributed by atoms with Gasteiger partial charge in [0.1, 0.15) is 0 Å². The molecular formula is C11H14ClNO4. The lowest BCUT2D eigenvalue weighted by molar-refractivity contribution is -0.136. The van der Waals surface area contributed by atoms with Crippen molar-refractivity contribution in [2.75, 3.05) is 13.3 Å². The number of aliphatic carboxylic acids is 1. The second-order valence-corrected chi connectivity index (χ2v) is 3.55. The summed E-state index contributed by atoms with van der Waals surface area (Å²) in [4.78, 5) is 10.7. The smallest absolute Gasteiger partial charge is 0.307 e. The summed E-state index contributed by atoms with van der Waals surface area (Å²) in [6.07, 6.45) is 0.571. The van der Waals surface area contributed by atoms with Gasteiger partial charge in [0.25, 0.3) is 0 Å². The van der Waals surface area contributed by atoms with E-state index in [0.29, 0.717) is 24.5 Å². The van der Waals surface area contributed by atoms with E-state index >= 15 is 0 Å². The number of hydrogen-bond acceptors (Lipinski definition) is 4. The predicted octanol–water partition coefficient (Wildman–Crippen LogP) is 0.965. The molecule has 0 bridgehead atoms. The number of fused-ring (bicyclic) bond motifs is 1. The molecule has 0 unspecified atom stereocenters. The van der Waals surface area contributed by atoms with Gasteiger partial charge in [0.05, 0.1) is 6.42 Å². The van der Waals surface area contributed by atoms with Crippen molar-refractivity contribution in [3.8, 4) is 11.5 Å². The minimum absolute atomic E-state index is 0. The Bertz CT molecular complexity index is 422. The van der Waals surface area contributed by atoms with Crippen molar-refractivity contribution in [2.24, 2.45) is 5.73 Å². The minimum Gasteiger partial charge on any atom is -0.481 e. The van der Waals surface area contributed by atoms with Crippen molar-refractivity contribution in [1.29, 1.82) is 0 Å². The highest BCUT2D eigenvalue weighted by atomic mass is 35.5. The third-order valence-electron chi connectivity index (χ3n) is 2.48. The first-order chi connectivity index (χ1) is 7.72. The number of rotatable bonds is 4. The molecule has 94 valence electrons. The molecule has 0 atom stereocenters. The summed E-state index contributed by atoms with van der Waals surface area (Å²) >= 11 is 0. The van der Waals surface area contributed by atoms with Crippen LogP contribution in [0.5, 0.6) is 11.5 Å². The van der Waals surface area contributed by atoms with E-state index in [4.69, 9.17) is 20.3 Å². The Morgan fingerprint density at radius 2 is 2.18 bits per heavy atom. The molecule has 0 spiro atoms. The molecule has 0 aromatic heterocycles. The summed E-state index contributed by atoms with van der Waals surface area (Å²) in [5.41, 5.74) is 7.10. The van der Waals surface area contributed by atoms with Crippen LogP contribution < -0.4 is 15.2 Å². The van der Waals surface area contributed by atoms with E-state index in [0.717, 1.165) is 11.1 Å². The zero-order valence-electron chi connectivity index (χ0n) is 9.14. The first kappa shape index (κ1) is 13.6. The SMILES string of the molecule is Cl.NCCc1c(CC(=O)O)ccc2c1OCO2. The van der Waals surface area contributed by atoms with Gasteiger partial charge in [-0.1, -0.05) is 6.07 Å². The quantitative estimate of drug-likeness (QED) is 0.842. The van der Waals surface area contributed by atoms with Crippen LogP contribution in [-0.2, 0) is 17.6 Å². The van der Waals surface area contributed by atoms with Crippen LogP contribution in [0, 0.1) is 0 Å². The number of ether oxygens (including phenoxy) is 2. The first-order valence-electron chi connectivity index (χ1n) is 5.04. The van der Waals surface area contributed by atoms with Crippen molar-refractivity contribution in [3.05, 3.63) is 23.3 Å². The number of carboxylic acid groups (broad SMARTS) is 1. The van der Waals surface area contributed by atoms with Gasteiger partial charge in [-0.05, 0) is 24.6 Å². The van der Waals surface area contributed by atoms with E-state index in [1.54, 1.807) is 12.1 Å². The zero-order valence-corrected chi connectivity index (χ0v) is 9.96. The molecule has 17 heavy (non-hydrogen) atoms. The second kappa shape index (κ2) is 5.75. The van der Waals surface area contributed by atoms with Crippen LogP contribution in [0.3, 0.4) is 0 Å². The Hall–Kier alpha value is -1.46. The average Bonchev–Trinajstić information content (AvgIpc) is 2.69. The van der Waals surface area contributed by atoms with Crippen LogP contribution in [0.25, 0.3) is 0 Å². The second-order valence-electron chi connectivity index (χ2n) is 3.55. The molecule has 0 saturated heterocycles. The largest absolute Gasteiger partial charge is 0.481 e. The average molecular weight is 260 g/mol. The van der Waals surface area contributed by atoms with Gasteiger partial charge < -0.3 is 20.3 Å². The van der Waals surface area contributed by atoms with Gasteiger partial charge in [-0.25, -0.2) is 0 Å². The van der Waals surface area contributed by atoms with Crippen LogP contribution in [0.15, 0.2) is 12.1 Å². The Balaban J connectivity index is 0.00000144. The van der Waals surface area contributed by atoms with Crippen LogP contribution >= 0.6 is 12.4 Å². The molecule has 0 saturated carbocycles. The Labute approximate surface area is 105 Å². The first-order valence-corrected chi connectivity index (χ1v) is 5.04. The van der Waals surface area contributed by atoms with E-state index in [1.165, 1.54) is 0 Å². The molecule has 3 N–H and O–H groups in total. The van der Waals surface area contributed by atoms with Crippen molar-refractivity contribution in [1.82, 2.24) is 0 Å². The molecule has 0 aliphatic carbocycles. The van der Waals surface area contributed by atoms with Gasteiger partial charge in [0.2, 0.25) is 6.79 Å². The highest BCUT2D eigenvalue weighted by Crippen LogP contribution is 2.37. The van der Waals surface area contributed by atoms with E-state index in [9.17, 15) is 4.79 Å². The van der Waals surface area contributed by atoms with Gasteiger partial charge in [0.15, 0.2) is 11.5 Å². The Morgan fingerprint density at radius 1 is 1.41 bits per heavy atom. The highest BCUT2D eigenvalue weighted by molar-refractivity contribution is 5.85. The molecule has 2 rings (SSSR count). The van der Waals surface area contributed by atoms with Gasteiger partial charge >= 0.3 is 5.97 Å². The fraction of sp³-hybridized carbons (Fsp3) is 0.364. The molecular weight excluding hydrogens is 246 g/mol. The summed E-state index contributed by atoms with van der Waals surface area (Å²) in [5, 5.41) is 8.80. The van der Waals surface area contributed by atoms with E-state index in [-0.39, 0.29) is 25.6 Å². The van der Waals surface area contributed by atoms with Crippen molar-refractivity contribution < 1.29 is 19.4 Å². The molecule has 1 aliphatic rings. The maximum absolute atomic E-state index is 10.7. The van der Waals surface area contributed by atoms with E-state index in [1.807, 2.05) is 0 Å². The molecule has 0 fully saturated rings. The third kappa shape index (κ3) is 2.81. The third-order valence-corrected chi connectivity index (χ3v) is 2.48. The van der Waals surface area contributed by atoms with Crippen LogP contribution in [-0.4, -0.2) is 24.4 Å². The summed E-state index contributed by atoms with van der Waals surface area (Å²) < 4.78 is 10.6. The van der Waals surface area contributed by atoms with Crippen molar-refractivity contribution >= 4 is 18.4 Å². The van der Waals surface area contributed by atoms with Gasteiger partial charge in [-0.2, -0.15) is 0 Å². The predicted molar refractivity (Wildman–Crippen MR) is 63.9 cm³/mol. The molecule has 1 heterocycles. The number of carboxylic acids is 1. The summed E-state index contributed by atoms with van der Waals surface area (Å²) in [7, 11) is 0. The number of benzene rings is 1. The van der Waals surface area contributed by atoms with Gasteiger partial charge in [-0.3, -0.25) is 4.79 Å². The summed E-state index contributed by atoms with van der Waals surface area (Å²) in [5.74, 6) is 0.443. The van der Waals surface area contributed by atoms with Gasteiger partial charge in [-0.15, -0.1) is 12.4 Å². The van der Waals surface area contributed by atoms with Crippen molar-refractivity contribution in [3.63, 3.8) is 0 Å². The molecule has 1 aromatic carbocycles. The lowest BCUT2D eigenvalue weighted by Gasteiger charge is -2.09. The van der Waals surface area contributed by atoms with Crippen LogP contribution in [0.4, 0.5) is 0 Å². The lowest BCUT2D eigenvalue weighted by atomic mass is 10.00. The molecule has 0 radical (unpaired) electrons. The molecule has 0 amide bonds. The Kier molecular flexibility index (Phi) is 4.60. The topological polar surface area (TPSA) is 81.8 Å². The van der Waals surface area contributed by atoms with Crippen LogP contribution in [0.2, 0.25) is 0 Å². The zero-order chi connectivity index (χ0) is 11.5. The number of halogens is 1. The summed E-state index contributed by atoms with van der Waals surface area (Å²) in [6, 6.07) is 3.49. The fourth-order valence-corrected chi connectivity index (χ4v) is 1.82. The van der Waals surface area contributed by atoms with Crippen molar-refractivity contribution in [2.45, 2.75) is 12.8 Å². The lowest BCUT2D eigenvalue weighted by Crippen LogP contribution is -2.09. The van der Waals surface area contributed by atoms with E-state index < -0.39 is 5.97 Å². The fourth-order valence-electron chi connectivity index (χ4n) is 1.82.